The average Bonchev–Trinajstić information content (AvgIpc) is 3.43. The summed E-state index contributed by atoms with van der Waals surface area (Å²) < 4.78 is 38.5. The Kier molecular flexibility index (Phi) is 5.98. The number of benzene rings is 1. The van der Waals surface area contributed by atoms with Crippen LogP contribution in [0.5, 0.6) is 0 Å². The Bertz CT molecular complexity index is 1360. The van der Waals surface area contributed by atoms with Gasteiger partial charge in [0.1, 0.15) is 5.69 Å². The largest absolute Gasteiger partial charge is 2.00 e. The number of rotatable bonds is 4. The van der Waals surface area contributed by atoms with Gasteiger partial charge in [-0.25, -0.2) is 0 Å². The third-order valence-electron chi connectivity index (χ3n) is 4.88. The molecular weight excluding hydrogens is 598 g/mol. The topological polar surface area (TPSA) is 66.9 Å². The molecule has 0 fully saturated rings. The molecule has 0 saturated heterocycles. The number of nitrogens with zero attached hydrogens (tertiary/aromatic N) is 5. The molecule has 0 bridgehead atoms. The SMILES string of the molecule is FC(F)(F)c1cc(-c2cccc(-c3cc4cccc(Cc5ccccn5)c4[n-]3)n2)[n-]n1.[Pt+2]. The predicted molar refractivity (Wildman–Crippen MR) is 109 cm³/mol. The van der Waals surface area contributed by atoms with Crippen molar-refractivity contribution in [1.82, 2.24) is 25.1 Å². The molecule has 0 unspecified atom stereocenters. The van der Waals surface area contributed by atoms with Crippen LogP contribution in [0.15, 0.2) is 72.9 Å². The zero-order valence-corrected chi connectivity index (χ0v) is 18.6. The number of aromatic nitrogens is 5. The minimum atomic E-state index is -4.54. The fourth-order valence-corrected chi connectivity index (χ4v) is 3.41. The van der Waals surface area contributed by atoms with Gasteiger partial charge in [0, 0.05) is 24.0 Å². The number of alkyl halides is 3. The molecule has 5 rings (SSSR count). The van der Waals surface area contributed by atoms with Gasteiger partial charge in [-0.05, 0) is 35.7 Å². The van der Waals surface area contributed by atoms with Crippen molar-refractivity contribution in [3.05, 3.63) is 89.9 Å². The Balaban J connectivity index is 0.00000245. The summed E-state index contributed by atoms with van der Waals surface area (Å²) in [6, 6.07) is 19.6. The molecule has 0 saturated carbocycles. The van der Waals surface area contributed by atoms with E-state index in [1.54, 1.807) is 24.4 Å². The number of hydrogen-bond acceptors (Lipinski definition) is 3. The first-order valence-electron chi connectivity index (χ1n) is 9.48. The standard InChI is InChI=1S/C23H14F3N5.Pt/c24-23(25,26)21-13-20(30-31-21)18-9-4-8-17(28-18)19-12-15-6-3-5-14(22(15)29-19)11-16-7-1-2-10-27-16;/h1-10,12-13H,11H2;/q-2;+2. The Morgan fingerprint density at radius 3 is 2.34 bits per heavy atom. The van der Waals surface area contributed by atoms with Crippen LogP contribution in [0.4, 0.5) is 13.2 Å². The molecular formula is C23H14F3N5Pt. The second-order valence-corrected chi connectivity index (χ2v) is 7.01. The molecule has 9 heteroatoms. The van der Waals surface area contributed by atoms with E-state index in [-0.39, 0.29) is 26.8 Å². The zero-order valence-electron chi connectivity index (χ0n) is 16.3. The summed E-state index contributed by atoms with van der Waals surface area (Å²) in [7, 11) is 0. The van der Waals surface area contributed by atoms with Gasteiger partial charge in [-0.1, -0.05) is 47.7 Å². The third-order valence-corrected chi connectivity index (χ3v) is 4.88. The molecule has 0 amide bonds. The summed E-state index contributed by atoms with van der Waals surface area (Å²) >= 11 is 0. The van der Waals surface area contributed by atoms with Crippen LogP contribution in [0, 0.1) is 0 Å². The minimum Gasteiger partial charge on any atom is -0.655 e. The van der Waals surface area contributed by atoms with Gasteiger partial charge < -0.3 is 15.2 Å². The molecule has 5 aromatic rings. The van der Waals surface area contributed by atoms with Gasteiger partial charge in [0.2, 0.25) is 0 Å². The molecule has 0 N–H and O–H groups in total. The summed E-state index contributed by atoms with van der Waals surface area (Å²) in [5.41, 5.74) is 3.36. The summed E-state index contributed by atoms with van der Waals surface area (Å²) in [6.07, 6.45) is -2.14. The fraction of sp³-hybridized carbons (Fsp3) is 0.0870. The first-order chi connectivity index (χ1) is 15.0. The van der Waals surface area contributed by atoms with Crippen LogP contribution in [0.1, 0.15) is 17.0 Å². The third kappa shape index (κ3) is 4.36. The van der Waals surface area contributed by atoms with E-state index in [4.69, 9.17) is 4.98 Å². The van der Waals surface area contributed by atoms with Crippen LogP contribution in [0.3, 0.4) is 0 Å². The molecule has 4 heterocycles. The van der Waals surface area contributed by atoms with Gasteiger partial charge in [0.15, 0.2) is 0 Å². The maximum Gasteiger partial charge on any atom is 2.00 e. The fourth-order valence-electron chi connectivity index (χ4n) is 3.41. The molecule has 0 aliphatic rings. The van der Waals surface area contributed by atoms with Gasteiger partial charge in [0.05, 0.1) is 5.69 Å². The van der Waals surface area contributed by atoms with Crippen molar-refractivity contribution in [3.8, 4) is 22.8 Å². The van der Waals surface area contributed by atoms with E-state index in [2.05, 4.69) is 20.2 Å². The van der Waals surface area contributed by atoms with Crippen LogP contribution in [-0.2, 0) is 33.7 Å². The molecule has 0 aliphatic carbocycles. The van der Waals surface area contributed by atoms with Crippen molar-refractivity contribution >= 4 is 10.9 Å². The van der Waals surface area contributed by atoms with Crippen LogP contribution >= 0.6 is 0 Å². The number of hydrogen-bond donors (Lipinski definition) is 0. The molecule has 4 aromatic heterocycles. The van der Waals surface area contributed by atoms with Gasteiger partial charge in [0.25, 0.3) is 0 Å². The van der Waals surface area contributed by atoms with Crippen LogP contribution in [-0.4, -0.2) is 15.1 Å². The van der Waals surface area contributed by atoms with Crippen LogP contribution < -0.4 is 10.1 Å². The van der Waals surface area contributed by atoms with Crippen molar-refractivity contribution in [2.75, 3.05) is 0 Å². The van der Waals surface area contributed by atoms with Crippen molar-refractivity contribution in [2.24, 2.45) is 0 Å². The summed E-state index contributed by atoms with van der Waals surface area (Å²) in [5, 5.41) is 7.81. The molecule has 0 radical (unpaired) electrons. The number of fused-ring (bicyclic) bond motifs is 1. The summed E-state index contributed by atoms with van der Waals surface area (Å²) in [5.74, 6) is 0. The normalized spacial score (nSPS) is 11.5. The first kappa shape index (κ1) is 22.0. The second-order valence-electron chi connectivity index (χ2n) is 7.01. The van der Waals surface area contributed by atoms with Crippen LogP contribution in [0.2, 0.25) is 0 Å². The van der Waals surface area contributed by atoms with Crippen molar-refractivity contribution in [3.63, 3.8) is 0 Å². The van der Waals surface area contributed by atoms with Crippen molar-refractivity contribution in [2.45, 2.75) is 12.6 Å². The monoisotopic (exact) mass is 612 g/mol. The second kappa shape index (κ2) is 8.71. The molecule has 5 nitrogen and oxygen atoms in total. The molecule has 162 valence electrons. The smallest absolute Gasteiger partial charge is 0.655 e. The molecule has 1 aromatic carbocycles. The molecule has 32 heavy (non-hydrogen) atoms. The van der Waals surface area contributed by atoms with Gasteiger partial charge in [-0.15, -0.1) is 11.2 Å². The van der Waals surface area contributed by atoms with E-state index in [0.29, 0.717) is 23.5 Å². The van der Waals surface area contributed by atoms with Crippen LogP contribution in [0.25, 0.3) is 33.7 Å². The predicted octanol–water partition coefficient (Wildman–Crippen LogP) is 4.88. The average molecular weight is 612 g/mol. The molecule has 0 atom stereocenters. The van der Waals surface area contributed by atoms with E-state index in [9.17, 15) is 13.2 Å². The van der Waals surface area contributed by atoms with Gasteiger partial charge >= 0.3 is 27.2 Å². The number of halogens is 3. The Morgan fingerprint density at radius 2 is 1.62 bits per heavy atom. The van der Waals surface area contributed by atoms with Gasteiger partial charge in [-0.2, -0.15) is 13.2 Å². The van der Waals surface area contributed by atoms with Crippen molar-refractivity contribution in [1.29, 1.82) is 0 Å². The van der Waals surface area contributed by atoms with Crippen molar-refractivity contribution < 1.29 is 34.2 Å². The zero-order chi connectivity index (χ0) is 21.4. The van der Waals surface area contributed by atoms with E-state index >= 15 is 0 Å². The quantitative estimate of drug-likeness (QED) is 0.290. The first-order valence-corrected chi connectivity index (χ1v) is 9.48. The van der Waals surface area contributed by atoms with E-state index in [1.165, 1.54) is 0 Å². The number of pyridine rings is 2. The molecule has 0 spiro atoms. The Hall–Kier alpha value is -3.25. The Morgan fingerprint density at radius 1 is 0.844 bits per heavy atom. The van der Waals surface area contributed by atoms with E-state index in [0.717, 1.165) is 28.2 Å². The summed E-state index contributed by atoms with van der Waals surface area (Å²) in [4.78, 5) is 13.6. The maximum absolute atomic E-state index is 12.8. The van der Waals surface area contributed by atoms with E-state index < -0.39 is 11.9 Å². The maximum atomic E-state index is 12.8. The molecule has 0 aliphatic heterocycles. The number of para-hydroxylation sites is 1. The Labute approximate surface area is 195 Å². The van der Waals surface area contributed by atoms with E-state index in [1.807, 2.05) is 42.5 Å². The minimum absolute atomic E-state index is 0. The van der Waals surface area contributed by atoms with Gasteiger partial charge in [-0.3, -0.25) is 9.97 Å². The summed E-state index contributed by atoms with van der Waals surface area (Å²) in [6.45, 7) is 0.